The fourth-order valence-corrected chi connectivity index (χ4v) is 3.37. The average molecular weight is 380 g/mol. The topological polar surface area (TPSA) is 73.9 Å². The third-order valence-electron chi connectivity index (χ3n) is 4.68. The van der Waals surface area contributed by atoms with Crippen molar-refractivity contribution < 1.29 is 27.5 Å². The molecule has 2 N–H and O–H groups in total. The summed E-state index contributed by atoms with van der Waals surface area (Å²) in [5.41, 5.74) is 0. The van der Waals surface area contributed by atoms with E-state index >= 15 is 0 Å². The van der Waals surface area contributed by atoms with Crippen molar-refractivity contribution in [3.8, 4) is 0 Å². The Morgan fingerprint density at radius 1 is 1.15 bits per heavy atom. The highest BCUT2D eigenvalue weighted by Gasteiger charge is 2.34. The van der Waals surface area contributed by atoms with Gasteiger partial charge < -0.3 is 20.3 Å². The lowest BCUT2D eigenvalue weighted by Gasteiger charge is -2.31. The number of alkyl halides is 3. The van der Waals surface area contributed by atoms with Crippen LogP contribution < -0.4 is 10.6 Å². The maximum Gasteiger partial charge on any atom is 0.409 e. The summed E-state index contributed by atoms with van der Waals surface area (Å²) in [5, 5.41) is 5.61. The van der Waals surface area contributed by atoms with E-state index in [0.717, 1.165) is 0 Å². The van der Waals surface area contributed by atoms with Gasteiger partial charge in [-0.05, 0) is 38.6 Å². The van der Waals surface area contributed by atoms with E-state index in [1.807, 2.05) is 0 Å². The zero-order chi connectivity index (χ0) is 19.2. The van der Waals surface area contributed by atoms with Crippen molar-refractivity contribution in [1.29, 1.82) is 0 Å². The molecule has 3 amide bonds. The number of urea groups is 1. The molecular weight excluding hydrogens is 353 g/mol. The van der Waals surface area contributed by atoms with Gasteiger partial charge >= 0.3 is 18.3 Å². The fraction of sp³-hybridized carbons (Fsp3) is 0.875. The number of likely N-dealkylation sites (tertiary alicyclic amines) is 2. The van der Waals surface area contributed by atoms with E-state index < -0.39 is 12.7 Å². The zero-order valence-electron chi connectivity index (χ0n) is 15.0. The molecule has 2 fully saturated rings. The molecule has 0 aromatic rings. The molecule has 0 aromatic carbocycles. The Balaban J connectivity index is 1.61. The Hall–Kier alpha value is -1.71. The van der Waals surface area contributed by atoms with Crippen LogP contribution in [-0.4, -0.2) is 80.0 Å². The molecule has 2 heterocycles. The normalized spacial score (nSPS) is 22.3. The molecule has 2 rings (SSSR count). The van der Waals surface area contributed by atoms with Crippen molar-refractivity contribution in [3.63, 3.8) is 0 Å². The van der Waals surface area contributed by atoms with Gasteiger partial charge in [0.25, 0.3) is 0 Å². The second-order valence-corrected chi connectivity index (χ2v) is 6.82. The number of nitrogens with one attached hydrogen (secondary N) is 2. The van der Waals surface area contributed by atoms with Gasteiger partial charge in [-0.15, -0.1) is 0 Å². The Morgan fingerprint density at radius 3 is 2.46 bits per heavy atom. The van der Waals surface area contributed by atoms with Gasteiger partial charge in [0.05, 0.1) is 13.2 Å². The molecule has 150 valence electrons. The van der Waals surface area contributed by atoms with Crippen LogP contribution in [0.15, 0.2) is 0 Å². The zero-order valence-corrected chi connectivity index (χ0v) is 15.0. The molecule has 0 spiro atoms. The molecule has 0 saturated carbocycles. The average Bonchev–Trinajstić information content (AvgIpc) is 2.99. The minimum absolute atomic E-state index is 0.0222. The van der Waals surface area contributed by atoms with Crippen LogP contribution in [0.5, 0.6) is 0 Å². The highest BCUT2D eigenvalue weighted by molar-refractivity contribution is 5.74. The maximum atomic E-state index is 12.4. The Bertz CT molecular complexity index is 482. The number of hydrogen-bond acceptors (Lipinski definition) is 4. The van der Waals surface area contributed by atoms with Crippen LogP contribution in [0.25, 0.3) is 0 Å². The number of carbonyl (C=O) groups excluding carboxylic acids is 2. The van der Waals surface area contributed by atoms with E-state index in [0.29, 0.717) is 58.6 Å². The van der Waals surface area contributed by atoms with Gasteiger partial charge in [-0.2, -0.15) is 13.2 Å². The number of halogens is 3. The van der Waals surface area contributed by atoms with Crippen molar-refractivity contribution in [2.45, 2.75) is 38.4 Å². The number of nitrogens with zero attached hydrogens (tertiary/aromatic N) is 2. The molecule has 1 unspecified atom stereocenters. The van der Waals surface area contributed by atoms with Gasteiger partial charge in [0.2, 0.25) is 0 Å². The molecule has 1 atom stereocenters. The second-order valence-electron chi connectivity index (χ2n) is 6.82. The Labute approximate surface area is 151 Å². The van der Waals surface area contributed by atoms with Gasteiger partial charge in [-0.25, -0.2) is 9.59 Å². The highest BCUT2D eigenvalue weighted by Crippen LogP contribution is 2.22. The van der Waals surface area contributed by atoms with Crippen LogP contribution in [0.1, 0.15) is 26.2 Å². The van der Waals surface area contributed by atoms with Crippen molar-refractivity contribution in [2.75, 3.05) is 45.9 Å². The SMILES string of the molecule is CCOC(=O)N1CCC(NC(=O)NCC2CCN(CC(F)(F)F)C2)CC1. The molecule has 26 heavy (non-hydrogen) atoms. The summed E-state index contributed by atoms with van der Waals surface area (Å²) >= 11 is 0. The first kappa shape index (κ1) is 20.6. The number of amides is 3. The van der Waals surface area contributed by atoms with Crippen LogP contribution in [0.3, 0.4) is 0 Å². The van der Waals surface area contributed by atoms with E-state index in [2.05, 4.69) is 10.6 Å². The van der Waals surface area contributed by atoms with E-state index in [1.54, 1.807) is 11.8 Å². The number of ether oxygens (including phenoxy) is 1. The predicted octanol–water partition coefficient (Wildman–Crippen LogP) is 1.79. The first-order valence-corrected chi connectivity index (χ1v) is 9.02. The summed E-state index contributed by atoms with van der Waals surface area (Å²) in [6.45, 7) is 3.36. The molecule has 0 aromatic heterocycles. The number of piperidine rings is 1. The summed E-state index contributed by atoms with van der Waals surface area (Å²) in [7, 11) is 0. The molecule has 2 aliphatic heterocycles. The molecule has 0 radical (unpaired) electrons. The first-order chi connectivity index (χ1) is 12.3. The van der Waals surface area contributed by atoms with Gasteiger partial charge in [0.15, 0.2) is 0 Å². The van der Waals surface area contributed by atoms with Crippen LogP contribution in [0.2, 0.25) is 0 Å². The number of carbonyl (C=O) groups is 2. The van der Waals surface area contributed by atoms with Gasteiger partial charge in [-0.3, -0.25) is 4.90 Å². The summed E-state index contributed by atoms with van der Waals surface area (Å²) in [4.78, 5) is 26.6. The summed E-state index contributed by atoms with van der Waals surface area (Å²) in [6.07, 6.45) is -2.57. The lowest BCUT2D eigenvalue weighted by molar-refractivity contribution is -0.143. The standard InChI is InChI=1S/C16H27F3N4O3/c1-2-26-15(25)23-7-4-13(5-8-23)21-14(24)20-9-12-3-6-22(10-12)11-16(17,18)19/h12-13H,2-11H2,1H3,(H2,20,21,24). The smallest absolute Gasteiger partial charge is 0.409 e. The van der Waals surface area contributed by atoms with Crippen molar-refractivity contribution in [1.82, 2.24) is 20.4 Å². The lowest BCUT2D eigenvalue weighted by Crippen LogP contribution is -2.49. The lowest BCUT2D eigenvalue weighted by atomic mass is 10.1. The molecule has 2 aliphatic rings. The second kappa shape index (κ2) is 9.29. The number of rotatable bonds is 5. The number of hydrogen-bond donors (Lipinski definition) is 2. The molecule has 0 bridgehead atoms. The van der Waals surface area contributed by atoms with Crippen LogP contribution in [0.4, 0.5) is 22.8 Å². The van der Waals surface area contributed by atoms with Crippen molar-refractivity contribution in [2.24, 2.45) is 5.92 Å². The quantitative estimate of drug-likeness (QED) is 0.763. The van der Waals surface area contributed by atoms with Crippen LogP contribution in [0, 0.1) is 5.92 Å². The minimum atomic E-state index is -4.18. The predicted molar refractivity (Wildman–Crippen MR) is 88.8 cm³/mol. The van der Waals surface area contributed by atoms with Gasteiger partial charge in [0, 0.05) is 32.2 Å². The monoisotopic (exact) mass is 380 g/mol. The minimum Gasteiger partial charge on any atom is -0.450 e. The summed E-state index contributed by atoms with van der Waals surface area (Å²) in [5.74, 6) is 0.0359. The largest absolute Gasteiger partial charge is 0.450 e. The highest BCUT2D eigenvalue weighted by atomic mass is 19.4. The van der Waals surface area contributed by atoms with E-state index in [1.165, 1.54) is 4.90 Å². The summed E-state index contributed by atoms with van der Waals surface area (Å²) in [6, 6.07) is -0.333. The Morgan fingerprint density at radius 2 is 1.85 bits per heavy atom. The van der Waals surface area contributed by atoms with Crippen molar-refractivity contribution in [3.05, 3.63) is 0 Å². The van der Waals surface area contributed by atoms with Gasteiger partial charge in [0.1, 0.15) is 0 Å². The van der Waals surface area contributed by atoms with E-state index in [-0.39, 0.29) is 24.1 Å². The maximum absolute atomic E-state index is 12.4. The van der Waals surface area contributed by atoms with Crippen LogP contribution in [-0.2, 0) is 4.74 Å². The molecule has 0 aliphatic carbocycles. The van der Waals surface area contributed by atoms with E-state index in [9.17, 15) is 22.8 Å². The van der Waals surface area contributed by atoms with E-state index in [4.69, 9.17) is 4.74 Å². The fourth-order valence-electron chi connectivity index (χ4n) is 3.37. The van der Waals surface area contributed by atoms with Gasteiger partial charge in [-0.1, -0.05) is 0 Å². The molecular formula is C16H27F3N4O3. The third kappa shape index (κ3) is 6.89. The third-order valence-corrected chi connectivity index (χ3v) is 4.68. The molecule has 10 heteroatoms. The Kier molecular flexibility index (Phi) is 7.36. The summed E-state index contributed by atoms with van der Waals surface area (Å²) < 4.78 is 42.1. The van der Waals surface area contributed by atoms with Crippen molar-refractivity contribution >= 4 is 12.1 Å². The molecule has 7 nitrogen and oxygen atoms in total. The first-order valence-electron chi connectivity index (χ1n) is 9.02. The van der Waals surface area contributed by atoms with Crippen LogP contribution >= 0.6 is 0 Å². The molecule has 2 saturated heterocycles.